The lowest BCUT2D eigenvalue weighted by atomic mass is 10.1. The molecule has 0 aromatic rings. The molecule has 0 aliphatic rings. The maximum absolute atomic E-state index is 10.9. The summed E-state index contributed by atoms with van der Waals surface area (Å²) in [6.07, 6.45) is 0.617. The van der Waals surface area contributed by atoms with Crippen LogP contribution in [-0.2, 0) is 14.2 Å². The minimum Gasteiger partial charge on any atom is -0.434 e. The molecule has 0 saturated heterocycles. The molecule has 0 bridgehead atoms. The quantitative estimate of drug-likeness (QED) is 0.199. The smallest absolute Gasteiger partial charge is 0.434 e. The predicted octanol–water partition coefficient (Wildman–Crippen LogP) is 3.85. The highest BCUT2D eigenvalue weighted by Gasteiger charge is 2.12. The summed E-state index contributed by atoms with van der Waals surface area (Å²) in [6, 6.07) is 0. The van der Waals surface area contributed by atoms with E-state index in [4.69, 9.17) is 33.4 Å². The Balaban J connectivity index is 0. The normalized spacial score (nSPS) is 10.7. The van der Waals surface area contributed by atoms with E-state index in [1.54, 1.807) is 27.7 Å². The zero-order valence-corrected chi connectivity index (χ0v) is 17.9. The number of ether oxygens (including phenoxy) is 3. The van der Waals surface area contributed by atoms with Gasteiger partial charge in [-0.25, -0.2) is 9.59 Å². The first-order valence-corrected chi connectivity index (χ1v) is 9.60. The van der Waals surface area contributed by atoms with E-state index in [0.717, 1.165) is 12.8 Å². The molecule has 7 nitrogen and oxygen atoms in total. The Morgan fingerprint density at radius 2 is 1.11 bits per heavy atom. The summed E-state index contributed by atoms with van der Waals surface area (Å²) < 4.78 is 13.4. The minimum atomic E-state index is -1.05. The molecule has 0 unspecified atom stereocenters. The molecule has 0 aromatic heterocycles. The van der Waals surface area contributed by atoms with Crippen molar-refractivity contribution in [1.29, 1.82) is 0 Å². The molecular formula is C18H30Cl2O7. The highest BCUT2D eigenvalue weighted by atomic mass is 35.5. The van der Waals surface area contributed by atoms with Crippen LogP contribution < -0.4 is 0 Å². The maximum atomic E-state index is 10.9. The second-order valence-electron chi connectivity index (χ2n) is 6.46. The molecule has 0 saturated carbocycles. The second-order valence-corrected chi connectivity index (χ2v) is 7.22. The fourth-order valence-corrected chi connectivity index (χ4v) is 1.51. The van der Waals surface area contributed by atoms with Crippen molar-refractivity contribution in [3.63, 3.8) is 0 Å². The van der Waals surface area contributed by atoms with Gasteiger partial charge in [0.05, 0.1) is 13.2 Å². The van der Waals surface area contributed by atoms with E-state index in [1.807, 2.05) is 0 Å². The lowest BCUT2D eigenvalue weighted by Crippen LogP contribution is -2.20. The third-order valence-corrected chi connectivity index (χ3v) is 2.87. The largest absolute Gasteiger partial charge is 0.518 e. The molecule has 9 heteroatoms. The van der Waals surface area contributed by atoms with Gasteiger partial charge in [-0.05, 0) is 53.4 Å². The van der Waals surface area contributed by atoms with Gasteiger partial charge in [0.1, 0.15) is 11.2 Å². The van der Waals surface area contributed by atoms with Crippen LogP contribution in [0.15, 0.2) is 0 Å². The molecule has 0 rings (SSSR count). The Morgan fingerprint density at radius 3 is 1.37 bits per heavy atom. The molecule has 158 valence electrons. The van der Waals surface area contributed by atoms with Gasteiger partial charge >= 0.3 is 12.3 Å². The standard InChI is InChI=1S/C10H16Cl2O5.C8H14O2/c11-5-1-3-7-15-9(13)17-10(14)16-8-4-2-6-12;1-7(2,9)5-6-8(3,4)10/h1-8H2;9-10H,1-4H3. The molecule has 0 spiro atoms. The number of halogens is 2. The van der Waals surface area contributed by atoms with Crippen molar-refractivity contribution in [1.82, 2.24) is 0 Å². The topological polar surface area (TPSA) is 102 Å². The summed E-state index contributed by atoms with van der Waals surface area (Å²) in [7, 11) is 0. The summed E-state index contributed by atoms with van der Waals surface area (Å²) in [6.45, 7) is 6.64. The monoisotopic (exact) mass is 428 g/mol. The van der Waals surface area contributed by atoms with Crippen LogP contribution in [0.2, 0.25) is 0 Å². The first kappa shape index (κ1) is 28.0. The summed E-state index contributed by atoms with van der Waals surface area (Å²) >= 11 is 10.9. The van der Waals surface area contributed by atoms with Crippen molar-refractivity contribution in [2.24, 2.45) is 0 Å². The minimum absolute atomic E-state index is 0.172. The predicted molar refractivity (Wildman–Crippen MR) is 104 cm³/mol. The highest BCUT2D eigenvalue weighted by Crippen LogP contribution is 2.02. The van der Waals surface area contributed by atoms with Crippen LogP contribution in [-0.4, -0.2) is 58.7 Å². The summed E-state index contributed by atoms with van der Waals surface area (Å²) in [5.74, 6) is 6.04. The SMILES string of the molecule is CC(C)(O)C#CC(C)(C)O.O=C(OCCCCCl)OC(=O)OCCCCCl. The van der Waals surface area contributed by atoms with Crippen molar-refractivity contribution < 1.29 is 34.0 Å². The van der Waals surface area contributed by atoms with Gasteiger partial charge in [0, 0.05) is 11.8 Å². The maximum Gasteiger partial charge on any atom is 0.518 e. The van der Waals surface area contributed by atoms with Gasteiger partial charge < -0.3 is 24.4 Å². The van der Waals surface area contributed by atoms with Crippen LogP contribution >= 0.6 is 23.2 Å². The molecule has 0 aliphatic carbocycles. The van der Waals surface area contributed by atoms with E-state index >= 15 is 0 Å². The van der Waals surface area contributed by atoms with Crippen molar-refractivity contribution >= 4 is 35.5 Å². The highest BCUT2D eigenvalue weighted by molar-refractivity contribution is 6.18. The van der Waals surface area contributed by atoms with Crippen LogP contribution in [0, 0.1) is 11.8 Å². The lowest BCUT2D eigenvalue weighted by Gasteiger charge is -2.10. The van der Waals surface area contributed by atoms with Gasteiger partial charge in [0.25, 0.3) is 0 Å². The molecule has 0 heterocycles. The van der Waals surface area contributed by atoms with Crippen molar-refractivity contribution in [3.8, 4) is 11.8 Å². The van der Waals surface area contributed by atoms with E-state index in [0.29, 0.717) is 24.6 Å². The van der Waals surface area contributed by atoms with Gasteiger partial charge in [-0.3, -0.25) is 0 Å². The number of hydrogen-bond acceptors (Lipinski definition) is 7. The number of unbranched alkanes of at least 4 members (excludes halogenated alkanes) is 2. The number of hydrogen-bond donors (Lipinski definition) is 2. The Labute approximate surface area is 171 Å². The fourth-order valence-electron chi connectivity index (χ4n) is 1.14. The summed E-state index contributed by atoms with van der Waals surface area (Å²) in [5, 5.41) is 18.2. The Morgan fingerprint density at radius 1 is 0.778 bits per heavy atom. The Hall–Kier alpha value is -1.20. The molecule has 0 aromatic carbocycles. The number of rotatable bonds is 8. The van der Waals surface area contributed by atoms with E-state index in [9.17, 15) is 9.59 Å². The molecule has 0 aliphatic heterocycles. The van der Waals surface area contributed by atoms with E-state index in [-0.39, 0.29) is 13.2 Å². The molecule has 0 atom stereocenters. The van der Waals surface area contributed by atoms with Gasteiger partial charge in [-0.1, -0.05) is 11.8 Å². The zero-order valence-electron chi connectivity index (χ0n) is 16.3. The summed E-state index contributed by atoms with van der Waals surface area (Å²) in [5.41, 5.74) is -2.03. The molecule has 0 fully saturated rings. The van der Waals surface area contributed by atoms with Gasteiger partial charge in [-0.15, -0.1) is 23.2 Å². The van der Waals surface area contributed by atoms with Gasteiger partial charge in [0.2, 0.25) is 0 Å². The molecule has 27 heavy (non-hydrogen) atoms. The van der Waals surface area contributed by atoms with Crippen LogP contribution in [0.3, 0.4) is 0 Å². The first-order valence-electron chi connectivity index (χ1n) is 8.53. The van der Waals surface area contributed by atoms with Crippen molar-refractivity contribution in [2.75, 3.05) is 25.0 Å². The molecule has 0 amide bonds. The summed E-state index contributed by atoms with van der Waals surface area (Å²) in [4.78, 5) is 21.8. The average Bonchev–Trinajstić information content (AvgIpc) is 2.53. The molecular weight excluding hydrogens is 399 g/mol. The first-order chi connectivity index (χ1) is 12.4. The number of carbonyl (C=O) groups is 2. The molecule has 2 N–H and O–H groups in total. The number of carbonyl (C=O) groups excluding carboxylic acids is 2. The Bertz CT molecular complexity index is 431. The van der Waals surface area contributed by atoms with Crippen LogP contribution in [0.4, 0.5) is 9.59 Å². The number of alkyl halides is 2. The molecule has 0 radical (unpaired) electrons. The number of aliphatic hydroxyl groups is 2. The van der Waals surface area contributed by atoms with Crippen molar-refractivity contribution in [3.05, 3.63) is 0 Å². The van der Waals surface area contributed by atoms with Crippen LogP contribution in [0.5, 0.6) is 0 Å². The van der Waals surface area contributed by atoms with Crippen molar-refractivity contribution in [2.45, 2.75) is 64.6 Å². The van der Waals surface area contributed by atoms with E-state index in [1.165, 1.54) is 0 Å². The van der Waals surface area contributed by atoms with E-state index in [2.05, 4.69) is 26.1 Å². The zero-order chi connectivity index (χ0) is 21.3. The van der Waals surface area contributed by atoms with Crippen LogP contribution in [0.1, 0.15) is 53.4 Å². The third kappa shape index (κ3) is 27.1. The third-order valence-electron chi connectivity index (χ3n) is 2.34. The fraction of sp³-hybridized carbons (Fsp3) is 0.778. The van der Waals surface area contributed by atoms with Gasteiger partial charge in [-0.2, -0.15) is 0 Å². The van der Waals surface area contributed by atoms with Gasteiger partial charge in [0.15, 0.2) is 0 Å². The lowest BCUT2D eigenvalue weighted by molar-refractivity contribution is 0.0357. The Kier molecular flexibility index (Phi) is 16.4. The van der Waals surface area contributed by atoms with E-state index < -0.39 is 23.5 Å². The average molecular weight is 429 g/mol. The second kappa shape index (κ2) is 15.8. The van der Waals surface area contributed by atoms with Crippen LogP contribution in [0.25, 0.3) is 0 Å².